The van der Waals surface area contributed by atoms with E-state index in [0.717, 1.165) is 12.8 Å². The van der Waals surface area contributed by atoms with Crippen LogP contribution in [0.4, 0.5) is 11.4 Å². The molecule has 1 amide bonds. The predicted molar refractivity (Wildman–Crippen MR) is 78.6 cm³/mol. The Balaban J connectivity index is 2.23. The maximum atomic E-state index is 12.5. The molecule has 1 N–H and O–H groups in total. The maximum absolute atomic E-state index is 12.5. The molecule has 1 saturated heterocycles. The number of ether oxygens (including phenoxy) is 1. The van der Waals surface area contributed by atoms with Gasteiger partial charge in [-0.15, -0.1) is 0 Å². The summed E-state index contributed by atoms with van der Waals surface area (Å²) in [6.45, 7) is 1.11. The van der Waals surface area contributed by atoms with Gasteiger partial charge in [-0.1, -0.05) is 0 Å². The lowest BCUT2D eigenvalue weighted by Gasteiger charge is -2.31. The van der Waals surface area contributed by atoms with E-state index in [-0.39, 0.29) is 23.3 Å². The number of anilines is 1. The van der Waals surface area contributed by atoms with Crippen LogP contribution in [-0.4, -0.2) is 49.1 Å². The van der Waals surface area contributed by atoms with Crippen molar-refractivity contribution in [3.63, 3.8) is 0 Å². The highest BCUT2D eigenvalue weighted by molar-refractivity contribution is 5.99. The Morgan fingerprint density at radius 2 is 2.10 bits per heavy atom. The van der Waals surface area contributed by atoms with Crippen molar-refractivity contribution in [2.24, 2.45) is 0 Å². The van der Waals surface area contributed by atoms with Crippen LogP contribution in [0, 0.1) is 10.1 Å². The normalized spacial score (nSPS) is 15.8. The number of piperidine rings is 1. The molecule has 21 heavy (non-hydrogen) atoms. The van der Waals surface area contributed by atoms with E-state index in [9.17, 15) is 14.9 Å². The molecule has 1 aliphatic rings. The number of carbonyl (C=O) groups is 1. The van der Waals surface area contributed by atoms with Crippen LogP contribution >= 0.6 is 0 Å². The second-order valence-corrected chi connectivity index (χ2v) is 4.97. The minimum absolute atomic E-state index is 0.128. The van der Waals surface area contributed by atoms with Gasteiger partial charge in [0.15, 0.2) is 0 Å². The number of amides is 1. The van der Waals surface area contributed by atoms with Gasteiger partial charge in [-0.3, -0.25) is 14.9 Å². The minimum Gasteiger partial charge on any atom is -0.388 e. The van der Waals surface area contributed by atoms with Crippen molar-refractivity contribution in [1.29, 1.82) is 0 Å². The molecule has 1 aromatic carbocycles. The second-order valence-electron chi connectivity index (χ2n) is 4.97. The highest BCUT2D eigenvalue weighted by Gasteiger charge is 2.28. The molecule has 0 aliphatic carbocycles. The number of carbonyl (C=O) groups excluding carboxylic acids is 1. The smallest absolute Gasteiger partial charge is 0.282 e. The molecule has 7 nitrogen and oxygen atoms in total. The zero-order chi connectivity index (χ0) is 15.4. The SMILES string of the molecule is CNc1ccc([N+](=O)[O-])c(C(=O)N2CCC(OC)CC2)c1. The highest BCUT2D eigenvalue weighted by Crippen LogP contribution is 2.25. The maximum Gasteiger partial charge on any atom is 0.282 e. The third kappa shape index (κ3) is 3.30. The molecule has 2 rings (SSSR count). The van der Waals surface area contributed by atoms with E-state index in [4.69, 9.17) is 4.74 Å². The Morgan fingerprint density at radius 3 is 2.62 bits per heavy atom. The summed E-state index contributed by atoms with van der Waals surface area (Å²) in [5.74, 6) is -0.298. The van der Waals surface area contributed by atoms with Crippen LogP contribution in [0.1, 0.15) is 23.2 Å². The number of nitro benzene ring substituents is 1. The van der Waals surface area contributed by atoms with E-state index in [2.05, 4.69) is 5.32 Å². The first-order chi connectivity index (χ1) is 10.1. The molecule has 0 radical (unpaired) electrons. The Morgan fingerprint density at radius 1 is 1.43 bits per heavy atom. The van der Waals surface area contributed by atoms with Crippen molar-refractivity contribution in [2.75, 3.05) is 32.6 Å². The summed E-state index contributed by atoms with van der Waals surface area (Å²) >= 11 is 0. The van der Waals surface area contributed by atoms with Gasteiger partial charge in [0, 0.05) is 39.0 Å². The third-order valence-electron chi connectivity index (χ3n) is 3.77. The fraction of sp³-hybridized carbons (Fsp3) is 0.500. The second kappa shape index (κ2) is 6.53. The molecule has 1 aromatic rings. The van der Waals surface area contributed by atoms with Crippen LogP contribution in [0.2, 0.25) is 0 Å². The first-order valence-corrected chi connectivity index (χ1v) is 6.85. The zero-order valence-corrected chi connectivity index (χ0v) is 12.2. The van der Waals surface area contributed by atoms with E-state index in [1.807, 2.05) is 0 Å². The van der Waals surface area contributed by atoms with Crippen LogP contribution in [0.3, 0.4) is 0 Å². The van der Waals surface area contributed by atoms with Crippen LogP contribution in [0.5, 0.6) is 0 Å². The monoisotopic (exact) mass is 293 g/mol. The van der Waals surface area contributed by atoms with Gasteiger partial charge >= 0.3 is 0 Å². The number of likely N-dealkylation sites (tertiary alicyclic amines) is 1. The van der Waals surface area contributed by atoms with Gasteiger partial charge in [0.05, 0.1) is 11.0 Å². The zero-order valence-electron chi connectivity index (χ0n) is 12.2. The lowest BCUT2D eigenvalue weighted by Crippen LogP contribution is -2.40. The molecule has 0 spiro atoms. The molecule has 0 saturated carbocycles. The van der Waals surface area contributed by atoms with E-state index in [1.54, 1.807) is 25.1 Å². The Kier molecular flexibility index (Phi) is 4.74. The first kappa shape index (κ1) is 15.2. The number of methoxy groups -OCH3 is 1. The van der Waals surface area contributed by atoms with Gasteiger partial charge in [0.1, 0.15) is 5.56 Å². The lowest BCUT2D eigenvalue weighted by molar-refractivity contribution is -0.385. The number of hydrogen-bond acceptors (Lipinski definition) is 5. The number of hydrogen-bond donors (Lipinski definition) is 1. The number of rotatable bonds is 4. The van der Waals surface area contributed by atoms with Gasteiger partial charge in [0.2, 0.25) is 0 Å². The summed E-state index contributed by atoms with van der Waals surface area (Å²) < 4.78 is 5.27. The Hall–Kier alpha value is -2.15. The van der Waals surface area contributed by atoms with E-state index in [1.165, 1.54) is 12.1 Å². The molecule has 7 heteroatoms. The summed E-state index contributed by atoms with van der Waals surface area (Å²) in [7, 11) is 3.36. The van der Waals surface area contributed by atoms with Gasteiger partial charge in [0.25, 0.3) is 11.6 Å². The van der Waals surface area contributed by atoms with E-state index in [0.29, 0.717) is 18.8 Å². The molecule has 0 aromatic heterocycles. The fourth-order valence-corrected chi connectivity index (χ4v) is 2.49. The average molecular weight is 293 g/mol. The summed E-state index contributed by atoms with van der Waals surface area (Å²) in [4.78, 5) is 24.8. The van der Waals surface area contributed by atoms with E-state index < -0.39 is 4.92 Å². The molecule has 1 aliphatic heterocycles. The first-order valence-electron chi connectivity index (χ1n) is 6.85. The molecule has 1 heterocycles. The summed E-state index contributed by atoms with van der Waals surface area (Å²) in [5.41, 5.74) is 0.645. The van der Waals surface area contributed by atoms with Crippen molar-refractivity contribution in [2.45, 2.75) is 18.9 Å². The highest BCUT2D eigenvalue weighted by atomic mass is 16.6. The van der Waals surface area contributed by atoms with Crippen molar-refractivity contribution in [1.82, 2.24) is 4.90 Å². The number of nitrogens with zero attached hydrogens (tertiary/aromatic N) is 2. The van der Waals surface area contributed by atoms with Crippen molar-refractivity contribution in [3.05, 3.63) is 33.9 Å². The topological polar surface area (TPSA) is 84.7 Å². The van der Waals surface area contributed by atoms with Crippen molar-refractivity contribution < 1.29 is 14.5 Å². The quantitative estimate of drug-likeness (QED) is 0.677. The Bertz CT molecular complexity index is 539. The summed E-state index contributed by atoms with van der Waals surface area (Å²) in [6, 6.07) is 4.48. The molecular formula is C14H19N3O4. The molecule has 114 valence electrons. The number of nitro groups is 1. The molecular weight excluding hydrogens is 274 g/mol. The number of benzene rings is 1. The third-order valence-corrected chi connectivity index (χ3v) is 3.77. The number of nitrogens with one attached hydrogen (secondary N) is 1. The molecule has 1 fully saturated rings. The average Bonchev–Trinajstić information content (AvgIpc) is 2.53. The molecule has 0 bridgehead atoms. The van der Waals surface area contributed by atoms with Gasteiger partial charge < -0.3 is 15.0 Å². The van der Waals surface area contributed by atoms with Gasteiger partial charge in [-0.05, 0) is 25.0 Å². The Labute approximate surface area is 123 Å². The predicted octanol–water partition coefficient (Wildman–Crippen LogP) is 1.89. The van der Waals surface area contributed by atoms with Crippen LogP contribution < -0.4 is 5.32 Å². The van der Waals surface area contributed by atoms with Crippen molar-refractivity contribution >= 4 is 17.3 Å². The standard InChI is InChI=1S/C14H19N3O4/c1-15-10-3-4-13(17(19)20)12(9-10)14(18)16-7-5-11(21-2)6-8-16/h3-4,9,11,15H,5-8H2,1-2H3. The van der Waals surface area contributed by atoms with Crippen LogP contribution in [0.25, 0.3) is 0 Å². The molecule has 0 unspecified atom stereocenters. The lowest BCUT2D eigenvalue weighted by atomic mass is 10.1. The van der Waals surface area contributed by atoms with Gasteiger partial charge in [-0.2, -0.15) is 0 Å². The fourth-order valence-electron chi connectivity index (χ4n) is 2.49. The summed E-state index contributed by atoms with van der Waals surface area (Å²) in [5, 5.41) is 14.0. The van der Waals surface area contributed by atoms with Gasteiger partial charge in [-0.25, -0.2) is 0 Å². The van der Waals surface area contributed by atoms with Crippen LogP contribution in [0.15, 0.2) is 18.2 Å². The van der Waals surface area contributed by atoms with Crippen molar-refractivity contribution in [3.8, 4) is 0 Å². The minimum atomic E-state index is -0.519. The largest absolute Gasteiger partial charge is 0.388 e. The molecule has 0 atom stereocenters. The summed E-state index contributed by atoms with van der Waals surface area (Å²) in [6.07, 6.45) is 1.66. The van der Waals surface area contributed by atoms with Crippen LogP contribution in [-0.2, 0) is 4.74 Å². The van der Waals surface area contributed by atoms with E-state index >= 15 is 0 Å².